The van der Waals surface area contributed by atoms with Gasteiger partial charge in [0.05, 0.1) is 5.75 Å². The molecule has 0 bridgehead atoms. The summed E-state index contributed by atoms with van der Waals surface area (Å²) in [6.07, 6.45) is 0.378. The van der Waals surface area contributed by atoms with Crippen LogP contribution >= 0.6 is 23.4 Å². The summed E-state index contributed by atoms with van der Waals surface area (Å²) < 4.78 is 1.44. The summed E-state index contributed by atoms with van der Waals surface area (Å²) in [7, 11) is 0. The van der Waals surface area contributed by atoms with Crippen molar-refractivity contribution in [3.63, 3.8) is 0 Å². The van der Waals surface area contributed by atoms with E-state index in [0.717, 1.165) is 11.1 Å². The first-order valence-corrected chi connectivity index (χ1v) is 10.4. The number of amides is 1. The summed E-state index contributed by atoms with van der Waals surface area (Å²) in [5.74, 6) is 0.108. The number of H-pyrrole nitrogens is 1. The lowest BCUT2D eigenvalue weighted by molar-refractivity contribution is -0.113. The zero-order valence-corrected chi connectivity index (χ0v) is 17.5. The lowest BCUT2D eigenvalue weighted by Crippen LogP contribution is -2.19. The number of anilines is 1. The number of carbonyl (C=O) groups excluding carboxylic acids is 1. The molecule has 0 radical (unpaired) electrons. The quantitative estimate of drug-likeness (QED) is 0.446. The van der Waals surface area contributed by atoms with E-state index in [0.29, 0.717) is 28.0 Å². The molecule has 2 N–H and O–H groups in total. The highest BCUT2D eigenvalue weighted by Crippen LogP contribution is 2.21. The molecule has 0 saturated heterocycles. The monoisotopic (exact) mass is 440 g/mol. The largest absolute Gasteiger partial charge is 0.325 e. The standard InChI is InChI=1S/C20H17ClN6O2S/c1-12-7-8-14(10-15(12)21)22-17(28)11-30-20-25-24-19-23-18(29)16(26-27(19)20)9-13-5-3-2-4-6-13/h2-8,10H,9,11H2,1H3,(H,22,28)(H,23,24,29). The lowest BCUT2D eigenvalue weighted by Gasteiger charge is -2.06. The Morgan fingerprint density at radius 3 is 2.77 bits per heavy atom. The van der Waals surface area contributed by atoms with Crippen LogP contribution in [-0.2, 0) is 11.2 Å². The fourth-order valence-electron chi connectivity index (χ4n) is 2.77. The van der Waals surface area contributed by atoms with Crippen LogP contribution in [0.3, 0.4) is 0 Å². The van der Waals surface area contributed by atoms with Crippen LogP contribution in [-0.4, -0.2) is 36.5 Å². The second-order valence-corrected chi connectivity index (χ2v) is 7.93. The van der Waals surface area contributed by atoms with Gasteiger partial charge in [-0.3, -0.25) is 14.6 Å². The van der Waals surface area contributed by atoms with Crippen LogP contribution in [0.15, 0.2) is 58.5 Å². The molecular weight excluding hydrogens is 424 g/mol. The van der Waals surface area contributed by atoms with Crippen molar-refractivity contribution in [1.29, 1.82) is 0 Å². The number of nitrogens with one attached hydrogen (secondary N) is 2. The summed E-state index contributed by atoms with van der Waals surface area (Å²) in [5, 5.41) is 16.1. The van der Waals surface area contributed by atoms with Gasteiger partial charge in [-0.05, 0) is 30.2 Å². The van der Waals surface area contributed by atoms with Crippen molar-refractivity contribution < 1.29 is 4.79 Å². The van der Waals surface area contributed by atoms with Gasteiger partial charge in [0.2, 0.25) is 11.1 Å². The molecule has 2 aromatic carbocycles. The molecule has 0 saturated carbocycles. The summed E-state index contributed by atoms with van der Waals surface area (Å²) in [6, 6.07) is 14.9. The third-order valence-electron chi connectivity index (χ3n) is 4.32. The molecule has 0 aliphatic heterocycles. The number of aromatic amines is 1. The third kappa shape index (κ3) is 4.52. The Labute approximate surface area is 180 Å². The van der Waals surface area contributed by atoms with Crippen LogP contribution in [0.5, 0.6) is 0 Å². The molecule has 0 spiro atoms. The van der Waals surface area contributed by atoms with E-state index < -0.39 is 0 Å². The predicted octanol–water partition coefficient (Wildman–Crippen LogP) is 3.10. The van der Waals surface area contributed by atoms with Crippen molar-refractivity contribution >= 4 is 40.7 Å². The van der Waals surface area contributed by atoms with Gasteiger partial charge >= 0.3 is 0 Å². The Hall–Kier alpha value is -3.17. The van der Waals surface area contributed by atoms with Crippen molar-refractivity contribution in [1.82, 2.24) is 24.8 Å². The van der Waals surface area contributed by atoms with Crippen LogP contribution < -0.4 is 10.9 Å². The number of rotatable bonds is 6. The maximum atomic E-state index is 12.3. The number of hydrogen-bond donors (Lipinski definition) is 2. The van der Waals surface area contributed by atoms with Crippen LogP contribution in [0.25, 0.3) is 5.78 Å². The van der Waals surface area contributed by atoms with Crippen molar-refractivity contribution in [2.45, 2.75) is 18.5 Å². The number of thioether (sulfide) groups is 1. The van der Waals surface area contributed by atoms with Gasteiger partial charge in [-0.2, -0.15) is 9.61 Å². The number of carbonyl (C=O) groups is 1. The van der Waals surface area contributed by atoms with Gasteiger partial charge in [0.15, 0.2) is 0 Å². The molecule has 1 amide bonds. The molecule has 2 aromatic heterocycles. The van der Waals surface area contributed by atoms with E-state index in [9.17, 15) is 9.59 Å². The molecule has 2 heterocycles. The molecule has 4 aromatic rings. The average molecular weight is 441 g/mol. The average Bonchev–Trinajstić information content (AvgIpc) is 3.12. The zero-order valence-electron chi connectivity index (χ0n) is 15.9. The van der Waals surface area contributed by atoms with E-state index in [1.165, 1.54) is 16.3 Å². The minimum absolute atomic E-state index is 0.0983. The molecule has 0 atom stereocenters. The Morgan fingerprint density at radius 1 is 1.20 bits per heavy atom. The number of hydrogen-bond acceptors (Lipinski definition) is 6. The van der Waals surface area contributed by atoms with E-state index in [2.05, 4.69) is 25.6 Å². The number of halogens is 1. The molecule has 0 aliphatic rings. The van der Waals surface area contributed by atoms with Gasteiger partial charge in [-0.25, -0.2) is 0 Å². The Balaban J connectivity index is 1.48. The Kier molecular flexibility index (Phi) is 5.82. The highest BCUT2D eigenvalue weighted by Gasteiger charge is 2.14. The van der Waals surface area contributed by atoms with Crippen molar-refractivity contribution in [3.05, 3.63) is 80.7 Å². The predicted molar refractivity (Wildman–Crippen MR) is 116 cm³/mol. The first kappa shape index (κ1) is 20.1. The third-order valence-corrected chi connectivity index (χ3v) is 5.65. The zero-order chi connectivity index (χ0) is 21.1. The summed E-state index contributed by atoms with van der Waals surface area (Å²) in [4.78, 5) is 27.3. The van der Waals surface area contributed by atoms with Crippen molar-refractivity contribution in [3.8, 4) is 0 Å². The van der Waals surface area contributed by atoms with Crippen LogP contribution in [0.2, 0.25) is 5.02 Å². The molecular formula is C20H17ClN6O2S. The number of nitrogens with zero attached hydrogens (tertiary/aromatic N) is 4. The number of aromatic nitrogens is 5. The van der Waals surface area contributed by atoms with Gasteiger partial charge in [0, 0.05) is 17.1 Å². The van der Waals surface area contributed by atoms with E-state index in [1.807, 2.05) is 43.3 Å². The molecule has 0 unspecified atom stereocenters. The highest BCUT2D eigenvalue weighted by atomic mass is 35.5. The Bertz CT molecular complexity index is 1270. The van der Waals surface area contributed by atoms with Crippen LogP contribution in [0.1, 0.15) is 16.8 Å². The summed E-state index contributed by atoms with van der Waals surface area (Å²) in [5.41, 5.74) is 2.55. The summed E-state index contributed by atoms with van der Waals surface area (Å²) in [6.45, 7) is 1.89. The van der Waals surface area contributed by atoms with E-state index in [-0.39, 0.29) is 23.0 Å². The lowest BCUT2D eigenvalue weighted by atomic mass is 10.1. The number of aryl methyl sites for hydroxylation is 1. The molecule has 10 heteroatoms. The van der Waals surface area contributed by atoms with Crippen molar-refractivity contribution in [2.75, 3.05) is 11.1 Å². The fourth-order valence-corrected chi connectivity index (χ4v) is 3.63. The highest BCUT2D eigenvalue weighted by molar-refractivity contribution is 7.99. The van der Waals surface area contributed by atoms with Crippen LogP contribution in [0.4, 0.5) is 5.69 Å². The molecule has 152 valence electrons. The summed E-state index contributed by atoms with van der Waals surface area (Å²) >= 11 is 7.26. The molecule has 4 rings (SSSR count). The molecule has 0 fully saturated rings. The normalized spacial score (nSPS) is 11.0. The SMILES string of the molecule is Cc1ccc(NC(=O)CSc2nnc3[nH]c(=O)c(Cc4ccccc4)nn23)cc1Cl. The van der Waals surface area contributed by atoms with Crippen molar-refractivity contribution in [2.24, 2.45) is 0 Å². The van der Waals surface area contributed by atoms with Gasteiger partial charge in [-0.1, -0.05) is 59.8 Å². The van der Waals surface area contributed by atoms with Gasteiger partial charge in [0.25, 0.3) is 11.3 Å². The van der Waals surface area contributed by atoms with Gasteiger partial charge in [0.1, 0.15) is 5.69 Å². The van der Waals surface area contributed by atoms with Gasteiger partial charge < -0.3 is 5.32 Å². The van der Waals surface area contributed by atoms with E-state index >= 15 is 0 Å². The number of benzene rings is 2. The first-order valence-electron chi connectivity index (χ1n) is 9.07. The smallest absolute Gasteiger partial charge is 0.274 e. The second-order valence-electron chi connectivity index (χ2n) is 6.58. The number of fused-ring (bicyclic) bond motifs is 1. The second kappa shape index (κ2) is 8.68. The minimum atomic E-state index is -0.315. The van der Waals surface area contributed by atoms with Crippen LogP contribution in [0, 0.1) is 6.92 Å². The molecule has 8 nitrogen and oxygen atoms in total. The maximum Gasteiger partial charge on any atom is 0.274 e. The topological polar surface area (TPSA) is 105 Å². The minimum Gasteiger partial charge on any atom is -0.325 e. The fraction of sp³-hybridized carbons (Fsp3) is 0.150. The van der Waals surface area contributed by atoms with E-state index in [4.69, 9.17) is 11.6 Å². The first-order chi connectivity index (χ1) is 14.5. The maximum absolute atomic E-state index is 12.3. The molecule has 0 aliphatic carbocycles. The Morgan fingerprint density at radius 2 is 2.00 bits per heavy atom. The van der Waals surface area contributed by atoms with E-state index in [1.54, 1.807) is 12.1 Å². The van der Waals surface area contributed by atoms with Gasteiger partial charge in [-0.15, -0.1) is 10.2 Å². The molecule has 30 heavy (non-hydrogen) atoms.